The second kappa shape index (κ2) is 12.1. The first kappa shape index (κ1) is 24.4. The Morgan fingerprint density at radius 2 is 1.62 bits per heavy atom. The largest absolute Gasteiger partial charge is 0.396 e. The van der Waals surface area contributed by atoms with Crippen molar-refractivity contribution in [1.82, 2.24) is 0 Å². The number of carbonyl (C=O) groups is 1. The highest BCUT2D eigenvalue weighted by atomic mass is 32.2. The molecular formula is C27H29NO5S. The monoisotopic (exact) mass is 479 g/mol. The summed E-state index contributed by atoms with van der Waals surface area (Å²) in [7, 11) is 0. The summed E-state index contributed by atoms with van der Waals surface area (Å²) in [5, 5.41) is 21.4. The number of ether oxygens (including phenoxy) is 2. The van der Waals surface area contributed by atoms with E-state index in [9.17, 15) is 9.90 Å². The maximum absolute atomic E-state index is 12.4. The summed E-state index contributed by atoms with van der Waals surface area (Å²) in [5.74, 6) is 1.26. The first-order chi connectivity index (χ1) is 16.7. The molecule has 3 N–H and O–H groups in total. The molecule has 34 heavy (non-hydrogen) atoms. The third-order valence-corrected chi connectivity index (χ3v) is 6.71. The molecule has 1 amide bonds. The molecule has 4 rings (SSSR count). The average molecular weight is 480 g/mol. The lowest BCUT2D eigenvalue weighted by atomic mass is 10.0. The zero-order valence-electron chi connectivity index (χ0n) is 18.8. The summed E-state index contributed by atoms with van der Waals surface area (Å²) in [4.78, 5) is 12.4. The Labute approximate surface area is 203 Å². The number of hydrogen-bond donors (Lipinski definition) is 3. The first-order valence-electron chi connectivity index (χ1n) is 11.3. The number of aliphatic hydroxyl groups excluding tert-OH is 2. The number of anilines is 1. The van der Waals surface area contributed by atoms with Crippen LogP contribution in [0.3, 0.4) is 0 Å². The highest BCUT2D eigenvalue weighted by Crippen LogP contribution is 2.39. The van der Waals surface area contributed by atoms with E-state index >= 15 is 0 Å². The minimum absolute atomic E-state index is 0.00508. The zero-order valence-corrected chi connectivity index (χ0v) is 19.6. The number of amides is 1. The lowest BCUT2D eigenvalue weighted by Gasteiger charge is -2.36. The van der Waals surface area contributed by atoms with E-state index in [2.05, 4.69) is 5.32 Å². The predicted octanol–water partition coefficient (Wildman–Crippen LogP) is 4.70. The predicted molar refractivity (Wildman–Crippen MR) is 134 cm³/mol. The molecule has 0 unspecified atom stereocenters. The molecule has 0 bridgehead atoms. The van der Waals surface area contributed by atoms with Gasteiger partial charge < -0.3 is 25.0 Å². The van der Waals surface area contributed by atoms with Crippen LogP contribution in [0.15, 0.2) is 78.9 Å². The highest BCUT2D eigenvalue weighted by molar-refractivity contribution is 7.99. The van der Waals surface area contributed by atoms with Gasteiger partial charge in [-0.05, 0) is 35.4 Å². The number of rotatable bonds is 9. The Morgan fingerprint density at radius 3 is 2.29 bits per heavy atom. The Balaban J connectivity index is 1.47. The molecule has 3 aromatic carbocycles. The topological polar surface area (TPSA) is 88.0 Å². The van der Waals surface area contributed by atoms with Crippen molar-refractivity contribution in [2.24, 2.45) is 0 Å². The van der Waals surface area contributed by atoms with Gasteiger partial charge in [0.1, 0.15) is 0 Å². The lowest BCUT2D eigenvalue weighted by molar-refractivity contribution is -0.245. The molecule has 178 valence electrons. The Morgan fingerprint density at radius 1 is 0.912 bits per heavy atom. The van der Waals surface area contributed by atoms with E-state index in [4.69, 9.17) is 14.6 Å². The molecule has 7 heteroatoms. The van der Waals surface area contributed by atoms with Gasteiger partial charge in [0.05, 0.1) is 25.4 Å². The third-order valence-electron chi connectivity index (χ3n) is 5.63. The second-order valence-electron chi connectivity index (χ2n) is 8.09. The second-order valence-corrected chi connectivity index (χ2v) is 9.24. The SMILES string of the molecule is O=C(Nc1ccc([C@@H]2O[C@H](CSCCO)C[C@H](c3ccc(CO)cc3)O2)cc1)c1ccccc1. The fourth-order valence-electron chi connectivity index (χ4n) is 3.82. The summed E-state index contributed by atoms with van der Waals surface area (Å²) < 4.78 is 12.6. The van der Waals surface area contributed by atoms with Crippen molar-refractivity contribution in [3.63, 3.8) is 0 Å². The van der Waals surface area contributed by atoms with E-state index in [0.717, 1.165) is 22.4 Å². The van der Waals surface area contributed by atoms with Crippen molar-refractivity contribution in [2.45, 2.75) is 31.5 Å². The van der Waals surface area contributed by atoms with Gasteiger partial charge in [-0.15, -0.1) is 0 Å². The van der Waals surface area contributed by atoms with Crippen LogP contribution in [0, 0.1) is 0 Å². The van der Waals surface area contributed by atoms with Crippen LogP contribution in [0.5, 0.6) is 0 Å². The summed E-state index contributed by atoms with van der Waals surface area (Å²) in [5.41, 5.74) is 4.06. The van der Waals surface area contributed by atoms with Gasteiger partial charge in [-0.1, -0.05) is 54.6 Å². The quantitative estimate of drug-likeness (QED) is 0.386. The maximum atomic E-state index is 12.4. The molecule has 1 fully saturated rings. The molecule has 3 aromatic rings. The Bertz CT molecular complexity index is 1040. The van der Waals surface area contributed by atoms with Gasteiger partial charge in [-0.2, -0.15) is 11.8 Å². The van der Waals surface area contributed by atoms with Gasteiger partial charge >= 0.3 is 0 Å². The van der Waals surface area contributed by atoms with E-state index in [0.29, 0.717) is 23.4 Å². The van der Waals surface area contributed by atoms with Crippen LogP contribution in [-0.2, 0) is 16.1 Å². The third kappa shape index (κ3) is 6.46. The van der Waals surface area contributed by atoms with Crippen LogP contribution >= 0.6 is 11.8 Å². The molecule has 0 aliphatic carbocycles. The fraction of sp³-hybridized carbons (Fsp3) is 0.296. The summed E-state index contributed by atoms with van der Waals surface area (Å²) in [6.07, 6.45) is -0.0210. The van der Waals surface area contributed by atoms with Crippen molar-refractivity contribution in [2.75, 3.05) is 23.4 Å². The molecule has 1 aliphatic heterocycles. The first-order valence-corrected chi connectivity index (χ1v) is 12.5. The standard InChI is InChI=1S/C27H29NO5S/c29-14-15-34-18-24-16-25(20-8-6-19(17-30)7-9-20)33-27(32-24)22-10-12-23(13-11-22)28-26(31)21-4-2-1-3-5-21/h1-13,24-25,27,29-30H,14-18H2,(H,28,31)/t24-,25+,27+/m0/s1. The van der Waals surface area contributed by atoms with Crippen LogP contribution in [0.4, 0.5) is 5.69 Å². The minimum Gasteiger partial charge on any atom is -0.396 e. The van der Waals surface area contributed by atoms with Crippen molar-refractivity contribution in [3.8, 4) is 0 Å². The molecule has 0 saturated carbocycles. The van der Waals surface area contributed by atoms with E-state index in [1.54, 1.807) is 23.9 Å². The molecule has 0 aromatic heterocycles. The van der Waals surface area contributed by atoms with Crippen LogP contribution in [0.25, 0.3) is 0 Å². The molecule has 1 saturated heterocycles. The van der Waals surface area contributed by atoms with E-state index in [1.807, 2.05) is 66.7 Å². The number of thioether (sulfide) groups is 1. The van der Waals surface area contributed by atoms with Gasteiger partial charge in [0, 0.05) is 34.7 Å². The Kier molecular flexibility index (Phi) is 8.73. The Hall–Kier alpha value is -2.68. The van der Waals surface area contributed by atoms with Gasteiger partial charge in [0.25, 0.3) is 5.91 Å². The summed E-state index contributed by atoms with van der Waals surface area (Å²) >= 11 is 1.66. The maximum Gasteiger partial charge on any atom is 0.255 e. The molecule has 1 aliphatic rings. The highest BCUT2D eigenvalue weighted by Gasteiger charge is 2.32. The summed E-state index contributed by atoms with van der Waals surface area (Å²) in [6, 6.07) is 24.4. The number of nitrogens with one attached hydrogen (secondary N) is 1. The molecule has 0 radical (unpaired) electrons. The number of benzene rings is 3. The average Bonchev–Trinajstić information content (AvgIpc) is 2.89. The van der Waals surface area contributed by atoms with Crippen LogP contribution < -0.4 is 5.32 Å². The van der Waals surface area contributed by atoms with Gasteiger partial charge in [-0.3, -0.25) is 4.79 Å². The fourth-order valence-corrected chi connectivity index (χ4v) is 4.59. The van der Waals surface area contributed by atoms with E-state index in [1.165, 1.54) is 0 Å². The van der Waals surface area contributed by atoms with Crippen molar-refractivity contribution >= 4 is 23.4 Å². The van der Waals surface area contributed by atoms with Crippen molar-refractivity contribution in [1.29, 1.82) is 0 Å². The van der Waals surface area contributed by atoms with Gasteiger partial charge in [0.15, 0.2) is 6.29 Å². The number of hydrogen-bond acceptors (Lipinski definition) is 6. The van der Waals surface area contributed by atoms with Crippen LogP contribution in [0.1, 0.15) is 45.9 Å². The molecule has 3 atom stereocenters. The molecular weight excluding hydrogens is 450 g/mol. The minimum atomic E-state index is -0.546. The van der Waals surface area contributed by atoms with Crippen molar-refractivity contribution < 1.29 is 24.5 Å². The van der Waals surface area contributed by atoms with Gasteiger partial charge in [-0.25, -0.2) is 0 Å². The smallest absolute Gasteiger partial charge is 0.255 e. The van der Waals surface area contributed by atoms with Crippen molar-refractivity contribution in [3.05, 3.63) is 101 Å². The number of carbonyl (C=O) groups excluding carboxylic acids is 1. The normalized spacial score (nSPS) is 20.1. The lowest BCUT2D eigenvalue weighted by Crippen LogP contribution is -2.31. The van der Waals surface area contributed by atoms with E-state index in [-0.39, 0.29) is 31.3 Å². The molecule has 1 heterocycles. The van der Waals surface area contributed by atoms with E-state index < -0.39 is 6.29 Å². The number of aliphatic hydroxyl groups is 2. The van der Waals surface area contributed by atoms with Crippen LogP contribution in [0.2, 0.25) is 0 Å². The molecule has 0 spiro atoms. The summed E-state index contributed by atoms with van der Waals surface area (Å²) in [6.45, 7) is 0.144. The zero-order chi connectivity index (χ0) is 23.8. The molecule has 6 nitrogen and oxygen atoms in total. The van der Waals surface area contributed by atoms with Gasteiger partial charge in [0.2, 0.25) is 0 Å². The van der Waals surface area contributed by atoms with Crippen LogP contribution in [-0.4, -0.2) is 40.3 Å².